The summed E-state index contributed by atoms with van der Waals surface area (Å²) in [6.45, 7) is 10.9. The van der Waals surface area contributed by atoms with Gasteiger partial charge in [-0.2, -0.15) is 16.4 Å². The van der Waals surface area contributed by atoms with Gasteiger partial charge >= 0.3 is 95.6 Å². The van der Waals surface area contributed by atoms with Gasteiger partial charge in [-0.3, -0.25) is 10.1 Å². The Kier molecular flexibility index (Phi) is 56.7. The fraction of sp³-hybridized carbons (Fsp3) is 0.231. The maximum atomic E-state index is 10.2. The third kappa shape index (κ3) is 37.7. The zero-order valence-corrected chi connectivity index (χ0v) is 40.5. The minimum atomic E-state index is -0.252. The predicted octanol–water partition coefficient (Wildman–Crippen LogP) is 2.02. The summed E-state index contributed by atoms with van der Waals surface area (Å²) in [5.41, 5.74) is 2.80. The minimum Gasteiger partial charge on any atom is -0.477 e. The number of aromatic nitrogens is 15. The standard InChI is InChI=1S/C4H6N2O.C4H5N2O.C4H5N2.C3H5N3O.C3H5N3.C3H4N3.5CH3.4W/c2*1-3-2-5-4(7)6-3;1-4-2-5-3-6-4;1-2-4-3(7)6-5-2;1-3-4-2-5-6-3;1-3-2-4-6-5-3;;;;;;;;;/h2H,1H3,(H2,5,6,7);1H3,(H2,5,6,7);3H,1H3,(H,5,6);1H3,(H2,4,5,6,7);2H,1H3,(H,4,5,6);1H3,(H,4,5,6);5*1H3;;;;/q;2*-1;;;6*-1;4*+2. The summed E-state index contributed by atoms with van der Waals surface area (Å²) in [6.07, 6.45) is 12.6. The van der Waals surface area contributed by atoms with Crippen LogP contribution in [0, 0.1) is 97.3 Å². The first-order chi connectivity index (χ1) is 18.5. The van der Waals surface area contributed by atoms with Crippen LogP contribution in [0.3, 0.4) is 0 Å². The van der Waals surface area contributed by atoms with Gasteiger partial charge in [-0.25, -0.2) is 30.0 Å². The van der Waals surface area contributed by atoms with Crippen LogP contribution in [-0.4, -0.2) is 75.7 Å². The van der Waals surface area contributed by atoms with Gasteiger partial charge in [0.05, 0.1) is 0 Å². The Bertz CT molecular complexity index is 1370. The second-order valence-corrected chi connectivity index (χ2v) is 7.25. The summed E-state index contributed by atoms with van der Waals surface area (Å²) in [7, 11) is 0. The molecule has 6 heterocycles. The molecule has 48 heavy (non-hydrogen) atoms. The van der Waals surface area contributed by atoms with Gasteiger partial charge in [0.1, 0.15) is 18.0 Å². The summed E-state index contributed by atoms with van der Waals surface area (Å²) < 4.78 is 0. The molecular weight excluding hydrogens is 1310 g/mol. The van der Waals surface area contributed by atoms with Gasteiger partial charge in [-0.15, -0.1) is 11.9 Å². The molecule has 6 aromatic heterocycles. The van der Waals surface area contributed by atoms with Gasteiger partial charge in [-0.05, 0) is 34.6 Å². The molecule has 266 valence electrons. The molecule has 0 bridgehead atoms. The molecular formula is C26H45N15O3W4. The molecule has 0 saturated heterocycles. The van der Waals surface area contributed by atoms with Crippen molar-refractivity contribution in [3.63, 3.8) is 0 Å². The summed E-state index contributed by atoms with van der Waals surface area (Å²) in [5, 5.41) is 21.4. The van der Waals surface area contributed by atoms with E-state index in [0.29, 0.717) is 5.82 Å². The number of hydrogen-bond donors (Lipinski definition) is 9. The van der Waals surface area contributed by atoms with E-state index in [1.54, 1.807) is 26.4 Å². The van der Waals surface area contributed by atoms with Crippen molar-refractivity contribution in [1.29, 1.82) is 0 Å². The molecule has 0 aliphatic rings. The summed E-state index contributed by atoms with van der Waals surface area (Å²) in [5.74, 6) is 1.47. The first-order valence-corrected chi connectivity index (χ1v) is 11.0. The van der Waals surface area contributed by atoms with E-state index in [-0.39, 0.29) is 138 Å². The van der Waals surface area contributed by atoms with Crippen LogP contribution >= 0.6 is 0 Å². The molecule has 0 saturated carbocycles. The SMILES string of the molecule is Cc1[c-][nH]c(=O)[nH]1.Cc1[c-]n[nH]n1.Cc1[c-]nc[nH]1.Cc1c[nH]c(=O)[nH]1.Cc1n[nH]c(=O)[nH]1.Cc1ncn[nH]1.[CH3-].[CH3-].[CH3-].[CH3-].[CH3-].[W+2].[W+2].[W+2].[W+2]. The molecule has 6 aromatic rings. The van der Waals surface area contributed by atoms with Crippen LogP contribution in [0.5, 0.6) is 0 Å². The van der Waals surface area contributed by atoms with Crippen molar-refractivity contribution in [2.45, 2.75) is 41.5 Å². The van der Waals surface area contributed by atoms with Gasteiger partial charge in [-0.1, -0.05) is 24.6 Å². The van der Waals surface area contributed by atoms with E-state index in [2.05, 4.69) is 94.3 Å². The quantitative estimate of drug-likeness (QED) is 0.101. The van der Waals surface area contributed by atoms with Crippen molar-refractivity contribution in [1.82, 2.24) is 75.7 Å². The van der Waals surface area contributed by atoms with Crippen LogP contribution in [0.1, 0.15) is 34.4 Å². The maximum Gasteiger partial charge on any atom is 2.00 e. The number of H-pyrrole nitrogens is 9. The first kappa shape index (κ1) is 67.4. The Morgan fingerprint density at radius 2 is 1.27 bits per heavy atom. The van der Waals surface area contributed by atoms with E-state index in [9.17, 15) is 14.4 Å². The average molecular weight is 1350 g/mol. The Labute approximate surface area is 339 Å². The Balaban J connectivity index is -0.0000000524. The largest absolute Gasteiger partial charge is 2.00 e. The van der Waals surface area contributed by atoms with Gasteiger partial charge < -0.3 is 83.1 Å². The molecule has 0 spiro atoms. The van der Waals surface area contributed by atoms with E-state index in [1.165, 1.54) is 6.33 Å². The van der Waals surface area contributed by atoms with E-state index < -0.39 is 0 Å². The number of hydrogen-bond acceptors (Lipinski definition) is 9. The van der Waals surface area contributed by atoms with Crippen LogP contribution < -0.4 is 17.1 Å². The molecule has 0 aliphatic carbocycles. The molecule has 18 nitrogen and oxygen atoms in total. The van der Waals surface area contributed by atoms with Crippen LogP contribution in [-0.2, 0) is 84.3 Å². The number of imidazole rings is 3. The van der Waals surface area contributed by atoms with Crippen molar-refractivity contribution in [2.24, 2.45) is 0 Å². The fourth-order valence-electron chi connectivity index (χ4n) is 1.95. The third-order valence-electron chi connectivity index (χ3n) is 3.61. The zero-order valence-electron chi connectivity index (χ0n) is 28.8. The summed E-state index contributed by atoms with van der Waals surface area (Å²) in [6, 6.07) is 0. The number of aryl methyl sites for hydroxylation is 6. The van der Waals surface area contributed by atoms with Gasteiger partial charge in [0, 0.05) is 11.9 Å². The molecule has 6 rings (SSSR count). The normalized spacial score (nSPS) is 7.38. The Morgan fingerprint density at radius 1 is 0.646 bits per heavy atom. The van der Waals surface area contributed by atoms with Crippen molar-refractivity contribution in [2.75, 3.05) is 0 Å². The molecule has 0 radical (unpaired) electrons. The average Bonchev–Trinajstić information content (AvgIpc) is 3.71. The molecule has 9 N–H and O–H groups in total. The number of nitrogens with zero attached hydrogens (tertiary/aromatic N) is 6. The summed E-state index contributed by atoms with van der Waals surface area (Å²) in [4.78, 5) is 52.9. The van der Waals surface area contributed by atoms with Crippen molar-refractivity contribution < 1.29 is 84.3 Å². The van der Waals surface area contributed by atoms with E-state index in [1.807, 2.05) is 27.7 Å². The maximum absolute atomic E-state index is 10.2. The van der Waals surface area contributed by atoms with Gasteiger partial charge in [0.2, 0.25) is 0 Å². The van der Waals surface area contributed by atoms with Crippen molar-refractivity contribution in [3.05, 3.63) is 140 Å². The van der Waals surface area contributed by atoms with Gasteiger partial charge in [0.25, 0.3) is 0 Å². The molecule has 0 aliphatic heterocycles. The molecule has 0 aromatic carbocycles. The smallest absolute Gasteiger partial charge is 0.477 e. The van der Waals surface area contributed by atoms with E-state index >= 15 is 0 Å². The molecule has 0 atom stereocenters. The molecule has 0 fully saturated rings. The Morgan fingerprint density at radius 3 is 1.40 bits per heavy atom. The first-order valence-electron chi connectivity index (χ1n) is 11.0. The Hall–Kier alpha value is -2.80. The molecule has 0 amide bonds. The topological polar surface area (TPSA) is 271 Å². The number of nitrogens with one attached hydrogen (secondary N) is 9. The predicted molar refractivity (Wildman–Crippen MR) is 170 cm³/mol. The van der Waals surface area contributed by atoms with Crippen LogP contribution in [0.4, 0.5) is 0 Å². The van der Waals surface area contributed by atoms with Gasteiger partial charge in [0.15, 0.2) is 5.69 Å². The second kappa shape index (κ2) is 40.4. The van der Waals surface area contributed by atoms with Crippen LogP contribution in [0.2, 0.25) is 0 Å². The van der Waals surface area contributed by atoms with Crippen LogP contribution in [0.25, 0.3) is 0 Å². The fourth-order valence-corrected chi connectivity index (χ4v) is 1.95. The van der Waals surface area contributed by atoms with Crippen molar-refractivity contribution in [3.8, 4) is 0 Å². The minimum absolute atomic E-state index is 0. The number of rotatable bonds is 0. The molecule has 22 heteroatoms. The monoisotopic (exact) mass is 1350 g/mol. The second-order valence-electron chi connectivity index (χ2n) is 7.25. The zero-order chi connectivity index (χ0) is 29.0. The van der Waals surface area contributed by atoms with Crippen LogP contribution in [0.15, 0.2) is 33.2 Å². The summed E-state index contributed by atoms with van der Waals surface area (Å²) >= 11 is 0. The van der Waals surface area contributed by atoms with Crippen molar-refractivity contribution >= 4 is 0 Å². The van der Waals surface area contributed by atoms with E-state index in [0.717, 1.165) is 28.6 Å². The molecule has 0 unspecified atom stereocenters. The van der Waals surface area contributed by atoms with E-state index in [4.69, 9.17) is 0 Å². The number of aromatic amines is 9. The third-order valence-corrected chi connectivity index (χ3v) is 3.61.